The molecule has 1 aromatic carbocycles. The first-order valence-corrected chi connectivity index (χ1v) is 8.66. The van der Waals surface area contributed by atoms with Gasteiger partial charge >= 0.3 is 0 Å². The summed E-state index contributed by atoms with van der Waals surface area (Å²) in [7, 11) is 0. The largest absolute Gasteiger partial charge is 0.368 e. The van der Waals surface area contributed by atoms with Gasteiger partial charge in [0.25, 0.3) is 0 Å². The summed E-state index contributed by atoms with van der Waals surface area (Å²) in [4.78, 5) is 28.5. The van der Waals surface area contributed by atoms with Crippen molar-refractivity contribution in [3.05, 3.63) is 41.9 Å². The Morgan fingerprint density at radius 3 is 2.67 bits per heavy atom. The molecule has 5 nitrogen and oxygen atoms in total. The molecule has 24 heavy (non-hydrogen) atoms. The molecule has 0 spiro atoms. The first-order valence-electron chi connectivity index (χ1n) is 8.28. The fourth-order valence-corrected chi connectivity index (χ4v) is 3.34. The normalized spacial score (nSPS) is 22.9. The van der Waals surface area contributed by atoms with E-state index in [0.29, 0.717) is 26.1 Å². The predicted molar refractivity (Wildman–Crippen MR) is 95.0 cm³/mol. The first kappa shape index (κ1) is 16.8. The van der Waals surface area contributed by atoms with E-state index in [1.54, 1.807) is 6.08 Å². The lowest BCUT2D eigenvalue weighted by atomic mass is 10.2. The average Bonchev–Trinajstić information content (AvgIpc) is 3.40. The molecule has 1 aliphatic carbocycles. The zero-order valence-corrected chi connectivity index (χ0v) is 14.3. The van der Waals surface area contributed by atoms with Crippen molar-refractivity contribution in [1.29, 1.82) is 0 Å². The summed E-state index contributed by atoms with van der Waals surface area (Å²) in [6, 6.07) is 7.77. The fraction of sp³-hybridized carbons (Fsp3) is 0.444. The Morgan fingerprint density at radius 1 is 1.25 bits per heavy atom. The van der Waals surface area contributed by atoms with Crippen molar-refractivity contribution in [2.24, 2.45) is 11.8 Å². The predicted octanol–water partition coefficient (Wildman–Crippen LogP) is 1.93. The second-order valence-corrected chi connectivity index (χ2v) is 6.71. The Labute approximate surface area is 147 Å². The van der Waals surface area contributed by atoms with Crippen LogP contribution in [0, 0.1) is 11.8 Å². The number of carbonyl (C=O) groups is 2. The molecule has 1 aliphatic heterocycles. The van der Waals surface area contributed by atoms with Gasteiger partial charge in [-0.15, -0.1) is 6.58 Å². The molecule has 0 radical (unpaired) electrons. The number of nitrogens with zero attached hydrogens (tertiary/aromatic N) is 2. The van der Waals surface area contributed by atoms with Gasteiger partial charge in [0.2, 0.25) is 11.8 Å². The van der Waals surface area contributed by atoms with Crippen LogP contribution in [0.5, 0.6) is 0 Å². The zero-order chi connectivity index (χ0) is 17.1. The van der Waals surface area contributed by atoms with Gasteiger partial charge < -0.3 is 15.1 Å². The van der Waals surface area contributed by atoms with E-state index in [2.05, 4.69) is 16.8 Å². The van der Waals surface area contributed by atoms with Crippen LogP contribution in [-0.4, -0.2) is 49.4 Å². The molecule has 1 saturated carbocycles. The Hall–Kier alpha value is -2.01. The van der Waals surface area contributed by atoms with Crippen LogP contribution in [0.1, 0.15) is 6.42 Å². The van der Waals surface area contributed by atoms with Gasteiger partial charge in [-0.2, -0.15) is 0 Å². The molecular weight excluding hydrogens is 326 g/mol. The molecule has 1 heterocycles. The van der Waals surface area contributed by atoms with Gasteiger partial charge in [-0.25, -0.2) is 0 Å². The van der Waals surface area contributed by atoms with E-state index in [1.165, 1.54) is 0 Å². The number of piperazine rings is 1. The smallest absolute Gasteiger partial charge is 0.226 e. The Bertz CT molecular complexity index is 641. The lowest BCUT2D eigenvalue weighted by Crippen LogP contribution is -2.49. The lowest BCUT2D eigenvalue weighted by molar-refractivity contribution is -0.135. The minimum absolute atomic E-state index is 0.0363. The van der Waals surface area contributed by atoms with Crippen molar-refractivity contribution in [2.45, 2.75) is 6.42 Å². The summed E-state index contributed by atoms with van der Waals surface area (Å²) < 4.78 is 0. The molecule has 1 aromatic rings. The molecule has 3 rings (SSSR count). The summed E-state index contributed by atoms with van der Waals surface area (Å²) in [6.07, 6.45) is 2.31. The van der Waals surface area contributed by atoms with Crippen molar-refractivity contribution in [3.63, 3.8) is 0 Å². The first-order chi connectivity index (χ1) is 11.6. The highest BCUT2D eigenvalue weighted by Gasteiger charge is 2.49. The highest BCUT2D eigenvalue weighted by molar-refractivity contribution is 6.30. The number of halogens is 1. The molecule has 2 fully saturated rings. The molecule has 0 aromatic heterocycles. The topological polar surface area (TPSA) is 52.7 Å². The van der Waals surface area contributed by atoms with E-state index >= 15 is 0 Å². The zero-order valence-electron chi connectivity index (χ0n) is 13.6. The summed E-state index contributed by atoms with van der Waals surface area (Å²) in [5, 5.41) is 3.49. The van der Waals surface area contributed by atoms with Crippen LogP contribution in [-0.2, 0) is 9.59 Å². The fourth-order valence-electron chi connectivity index (χ4n) is 3.15. The van der Waals surface area contributed by atoms with E-state index < -0.39 is 0 Å². The molecule has 2 aliphatic rings. The van der Waals surface area contributed by atoms with Crippen LogP contribution in [0.2, 0.25) is 5.02 Å². The molecule has 2 atom stereocenters. The van der Waals surface area contributed by atoms with E-state index in [1.807, 2.05) is 29.2 Å². The van der Waals surface area contributed by atoms with Crippen LogP contribution in [0.3, 0.4) is 0 Å². The average molecular weight is 348 g/mol. The molecule has 1 N–H and O–H groups in total. The van der Waals surface area contributed by atoms with Gasteiger partial charge in [-0.05, 0) is 24.6 Å². The van der Waals surface area contributed by atoms with Gasteiger partial charge in [-0.3, -0.25) is 9.59 Å². The summed E-state index contributed by atoms with van der Waals surface area (Å²) in [6.45, 7) is 6.96. The number of amides is 2. The Morgan fingerprint density at radius 2 is 2.00 bits per heavy atom. The monoisotopic (exact) mass is 347 g/mol. The standard InChI is InChI=1S/C18H22ClN3O2/c1-2-6-20-17(23)15-12-16(15)18(24)22-9-7-21(8-10-22)14-5-3-4-13(19)11-14/h2-5,11,15-16H,1,6-10,12H2,(H,20,23). The van der Waals surface area contributed by atoms with Gasteiger partial charge in [-0.1, -0.05) is 23.7 Å². The number of benzene rings is 1. The molecule has 2 amide bonds. The third-order valence-electron chi connectivity index (χ3n) is 4.63. The van der Waals surface area contributed by atoms with Crippen molar-refractivity contribution < 1.29 is 9.59 Å². The number of nitrogens with one attached hydrogen (secondary N) is 1. The molecule has 1 saturated heterocycles. The summed E-state index contributed by atoms with van der Waals surface area (Å²) in [5.41, 5.74) is 1.09. The van der Waals surface area contributed by atoms with Crippen LogP contribution in [0.15, 0.2) is 36.9 Å². The van der Waals surface area contributed by atoms with E-state index in [4.69, 9.17) is 11.6 Å². The van der Waals surface area contributed by atoms with Crippen molar-refractivity contribution in [3.8, 4) is 0 Å². The van der Waals surface area contributed by atoms with Crippen molar-refractivity contribution >= 4 is 29.1 Å². The highest BCUT2D eigenvalue weighted by Crippen LogP contribution is 2.40. The maximum Gasteiger partial charge on any atom is 0.226 e. The number of hydrogen-bond acceptors (Lipinski definition) is 3. The quantitative estimate of drug-likeness (QED) is 0.828. The van der Waals surface area contributed by atoms with Gasteiger partial charge in [0.05, 0.1) is 11.8 Å². The van der Waals surface area contributed by atoms with Crippen LogP contribution >= 0.6 is 11.6 Å². The summed E-state index contributed by atoms with van der Waals surface area (Å²) in [5.74, 6) is -0.235. The van der Waals surface area contributed by atoms with Crippen molar-refractivity contribution in [2.75, 3.05) is 37.6 Å². The molecule has 2 unspecified atom stereocenters. The molecule has 128 valence electrons. The Balaban J connectivity index is 1.49. The van der Waals surface area contributed by atoms with Gasteiger partial charge in [0.15, 0.2) is 0 Å². The second kappa shape index (κ2) is 7.26. The minimum Gasteiger partial charge on any atom is -0.368 e. The van der Waals surface area contributed by atoms with Crippen molar-refractivity contribution in [1.82, 2.24) is 10.2 Å². The maximum absolute atomic E-state index is 12.5. The second-order valence-electron chi connectivity index (χ2n) is 6.27. The maximum atomic E-state index is 12.5. The van der Waals surface area contributed by atoms with Gasteiger partial charge in [0.1, 0.15) is 0 Å². The summed E-state index contributed by atoms with van der Waals surface area (Å²) >= 11 is 6.04. The number of rotatable bonds is 5. The molecular formula is C18H22ClN3O2. The van der Waals surface area contributed by atoms with E-state index in [0.717, 1.165) is 23.8 Å². The lowest BCUT2D eigenvalue weighted by Gasteiger charge is -2.36. The minimum atomic E-state index is -0.164. The molecule has 0 bridgehead atoms. The van der Waals surface area contributed by atoms with Crippen LogP contribution in [0.25, 0.3) is 0 Å². The third-order valence-corrected chi connectivity index (χ3v) is 4.86. The highest BCUT2D eigenvalue weighted by atomic mass is 35.5. The Kier molecular flexibility index (Phi) is 5.09. The van der Waals surface area contributed by atoms with E-state index in [9.17, 15) is 9.59 Å². The van der Waals surface area contributed by atoms with Crippen LogP contribution < -0.4 is 10.2 Å². The number of anilines is 1. The SMILES string of the molecule is C=CCNC(=O)C1CC1C(=O)N1CCN(c2cccc(Cl)c2)CC1. The number of carbonyl (C=O) groups excluding carboxylic acids is 2. The van der Waals surface area contributed by atoms with Gasteiger partial charge in [0, 0.05) is 43.4 Å². The third kappa shape index (κ3) is 3.73. The molecule has 6 heteroatoms. The number of hydrogen-bond donors (Lipinski definition) is 1. The van der Waals surface area contributed by atoms with E-state index in [-0.39, 0.29) is 23.7 Å². The van der Waals surface area contributed by atoms with Crippen LogP contribution in [0.4, 0.5) is 5.69 Å².